The van der Waals surface area contributed by atoms with Gasteiger partial charge in [0.1, 0.15) is 5.69 Å². The van der Waals surface area contributed by atoms with Crippen molar-refractivity contribution in [2.24, 2.45) is 0 Å². The lowest BCUT2D eigenvalue weighted by atomic mass is 10.1. The molecule has 0 aromatic heterocycles. The van der Waals surface area contributed by atoms with Crippen molar-refractivity contribution in [3.8, 4) is 0 Å². The minimum Gasteiger partial charge on any atom is -0.393 e. The predicted octanol–water partition coefficient (Wildman–Crippen LogP) is 2.11. The summed E-state index contributed by atoms with van der Waals surface area (Å²) in [6.45, 7) is 4.08. The molecule has 0 aliphatic carbocycles. The first kappa shape index (κ1) is 13.2. The Morgan fingerprint density at radius 2 is 2.39 bits per heavy atom. The maximum atomic E-state index is 10.7. The van der Waals surface area contributed by atoms with Crippen LogP contribution in [0.3, 0.4) is 0 Å². The Bertz CT molecular complexity index is 453. The zero-order valence-corrected chi connectivity index (χ0v) is 11.2. The highest BCUT2D eigenvalue weighted by Gasteiger charge is 2.19. The van der Waals surface area contributed by atoms with Gasteiger partial charge in [0.25, 0.3) is 5.69 Å². The highest BCUT2D eigenvalue weighted by Crippen LogP contribution is 2.24. The van der Waals surface area contributed by atoms with Gasteiger partial charge in [-0.25, -0.2) is 0 Å². The summed E-state index contributed by atoms with van der Waals surface area (Å²) in [5.74, 6) is 2.29. The van der Waals surface area contributed by atoms with Gasteiger partial charge in [-0.05, 0) is 18.6 Å². The molecule has 1 atom stereocenters. The van der Waals surface area contributed by atoms with Gasteiger partial charge >= 0.3 is 0 Å². The molecule has 0 spiro atoms. The van der Waals surface area contributed by atoms with Crippen molar-refractivity contribution >= 4 is 23.1 Å². The highest BCUT2D eigenvalue weighted by molar-refractivity contribution is 7.99. The number of nitro groups is 1. The van der Waals surface area contributed by atoms with Crippen molar-refractivity contribution in [1.29, 1.82) is 0 Å². The molecular weight excluding hydrogens is 250 g/mol. The number of nitro benzene ring substituents is 1. The Hall–Kier alpha value is -1.27. The molecular formula is C12H17N3O2S. The normalized spacial score (nSPS) is 20.8. The molecule has 1 heterocycles. The zero-order valence-electron chi connectivity index (χ0n) is 10.3. The molecule has 1 aliphatic heterocycles. The van der Waals surface area contributed by atoms with E-state index in [-0.39, 0.29) is 11.4 Å². The van der Waals surface area contributed by atoms with Gasteiger partial charge in [0.15, 0.2) is 0 Å². The van der Waals surface area contributed by atoms with E-state index in [1.54, 1.807) is 12.1 Å². The van der Waals surface area contributed by atoms with Crippen LogP contribution in [0.15, 0.2) is 18.2 Å². The number of anilines is 1. The van der Waals surface area contributed by atoms with E-state index < -0.39 is 4.92 Å². The third-order valence-corrected chi connectivity index (χ3v) is 4.37. The van der Waals surface area contributed by atoms with Crippen LogP contribution >= 0.6 is 11.8 Å². The Morgan fingerprint density at radius 1 is 1.61 bits per heavy atom. The number of benzene rings is 1. The summed E-state index contributed by atoms with van der Waals surface area (Å²) in [6, 6.07) is 5.55. The molecule has 98 valence electrons. The van der Waals surface area contributed by atoms with E-state index in [0.29, 0.717) is 6.04 Å². The lowest BCUT2D eigenvalue weighted by Gasteiger charge is -2.32. The topological polar surface area (TPSA) is 72.4 Å². The molecule has 2 rings (SSSR count). The van der Waals surface area contributed by atoms with Crippen molar-refractivity contribution in [2.45, 2.75) is 19.5 Å². The number of rotatable bonds is 3. The van der Waals surface area contributed by atoms with Crippen LogP contribution < -0.4 is 5.73 Å². The van der Waals surface area contributed by atoms with Crippen LogP contribution in [0.5, 0.6) is 0 Å². The first-order chi connectivity index (χ1) is 8.58. The van der Waals surface area contributed by atoms with E-state index >= 15 is 0 Å². The van der Waals surface area contributed by atoms with Gasteiger partial charge in [0, 0.05) is 36.7 Å². The van der Waals surface area contributed by atoms with E-state index in [1.165, 1.54) is 6.07 Å². The van der Waals surface area contributed by atoms with E-state index in [2.05, 4.69) is 11.8 Å². The molecule has 0 saturated carbocycles. The van der Waals surface area contributed by atoms with Crippen LogP contribution in [0.2, 0.25) is 0 Å². The number of nitrogens with two attached hydrogens (primary N) is 1. The molecule has 1 fully saturated rings. The molecule has 0 amide bonds. The van der Waals surface area contributed by atoms with Crippen LogP contribution in [-0.4, -0.2) is 33.9 Å². The molecule has 0 bridgehead atoms. The SMILES string of the molecule is CC1CSCCN1Cc1ccc([N+](=O)[O-])c(N)c1. The van der Waals surface area contributed by atoms with Crippen LogP contribution in [0.4, 0.5) is 11.4 Å². The second kappa shape index (κ2) is 5.58. The third-order valence-electron chi connectivity index (χ3n) is 3.18. The average Bonchev–Trinajstić information content (AvgIpc) is 2.32. The molecule has 18 heavy (non-hydrogen) atoms. The van der Waals surface area contributed by atoms with E-state index in [9.17, 15) is 10.1 Å². The monoisotopic (exact) mass is 267 g/mol. The fourth-order valence-corrected chi connectivity index (χ4v) is 3.18. The standard InChI is InChI=1S/C12H17N3O2S/c1-9-8-18-5-4-14(9)7-10-2-3-12(15(16)17)11(13)6-10/h2-3,6,9H,4-5,7-8,13H2,1H3. The van der Waals surface area contributed by atoms with E-state index in [4.69, 9.17) is 5.73 Å². The second-order valence-electron chi connectivity index (χ2n) is 4.54. The van der Waals surface area contributed by atoms with Crippen LogP contribution in [-0.2, 0) is 6.54 Å². The first-order valence-electron chi connectivity index (χ1n) is 5.92. The molecule has 1 saturated heterocycles. The van der Waals surface area contributed by atoms with Crippen molar-refractivity contribution in [3.05, 3.63) is 33.9 Å². The zero-order chi connectivity index (χ0) is 13.1. The summed E-state index contributed by atoms with van der Waals surface area (Å²) >= 11 is 1.97. The number of hydrogen-bond donors (Lipinski definition) is 1. The molecule has 1 aromatic carbocycles. The number of hydrogen-bond acceptors (Lipinski definition) is 5. The average molecular weight is 267 g/mol. The fraction of sp³-hybridized carbons (Fsp3) is 0.500. The molecule has 2 N–H and O–H groups in total. The number of thioether (sulfide) groups is 1. The van der Waals surface area contributed by atoms with Crippen LogP contribution in [0.25, 0.3) is 0 Å². The minimum atomic E-state index is -0.445. The van der Waals surface area contributed by atoms with Gasteiger partial charge in [0.05, 0.1) is 4.92 Å². The van der Waals surface area contributed by atoms with Crippen molar-refractivity contribution in [2.75, 3.05) is 23.8 Å². The van der Waals surface area contributed by atoms with Gasteiger partial charge in [-0.3, -0.25) is 15.0 Å². The van der Waals surface area contributed by atoms with E-state index in [1.807, 2.05) is 11.8 Å². The molecule has 1 aliphatic rings. The molecule has 5 nitrogen and oxygen atoms in total. The Morgan fingerprint density at radius 3 is 3.00 bits per heavy atom. The summed E-state index contributed by atoms with van der Waals surface area (Å²) in [5.41, 5.74) is 6.97. The maximum absolute atomic E-state index is 10.7. The van der Waals surface area contributed by atoms with Gasteiger partial charge in [-0.2, -0.15) is 11.8 Å². The number of nitrogens with zero attached hydrogens (tertiary/aromatic N) is 2. The molecule has 1 aromatic rings. The maximum Gasteiger partial charge on any atom is 0.292 e. The summed E-state index contributed by atoms with van der Waals surface area (Å²) in [5, 5.41) is 10.7. The lowest BCUT2D eigenvalue weighted by Crippen LogP contribution is -2.39. The predicted molar refractivity (Wildman–Crippen MR) is 74.7 cm³/mol. The first-order valence-corrected chi connectivity index (χ1v) is 7.08. The Labute approximate surface area is 110 Å². The molecule has 0 radical (unpaired) electrons. The Kier molecular flexibility index (Phi) is 4.08. The van der Waals surface area contributed by atoms with Gasteiger partial charge in [-0.1, -0.05) is 6.07 Å². The lowest BCUT2D eigenvalue weighted by molar-refractivity contribution is -0.383. The van der Waals surface area contributed by atoms with E-state index in [0.717, 1.165) is 30.2 Å². The highest BCUT2D eigenvalue weighted by atomic mass is 32.2. The third kappa shape index (κ3) is 2.94. The van der Waals surface area contributed by atoms with Crippen LogP contribution in [0, 0.1) is 10.1 Å². The van der Waals surface area contributed by atoms with Gasteiger partial charge < -0.3 is 5.73 Å². The van der Waals surface area contributed by atoms with Gasteiger partial charge in [-0.15, -0.1) is 0 Å². The fourth-order valence-electron chi connectivity index (χ4n) is 2.10. The minimum absolute atomic E-state index is 0.0130. The van der Waals surface area contributed by atoms with Crippen molar-refractivity contribution in [1.82, 2.24) is 4.90 Å². The van der Waals surface area contributed by atoms with Crippen molar-refractivity contribution in [3.63, 3.8) is 0 Å². The summed E-state index contributed by atoms with van der Waals surface area (Å²) in [6.07, 6.45) is 0. The smallest absolute Gasteiger partial charge is 0.292 e. The van der Waals surface area contributed by atoms with Gasteiger partial charge in [0.2, 0.25) is 0 Å². The summed E-state index contributed by atoms with van der Waals surface area (Å²) in [7, 11) is 0. The Balaban J connectivity index is 2.10. The summed E-state index contributed by atoms with van der Waals surface area (Å²) in [4.78, 5) is 12.6. The quantitative estimate of drug-likeness (QED) is 0.516. The van der Waals surface area contributed by atoms with Crippen LogP contribution in [0.1, 0.15) is 12.5 Å². The molecule has 1 unspecified atom stereocenters. The second-order valence-corrected chi connectivity index (χ2v) is 5.69. The number of nitrogen functional groups attached to an aromatic ring is 1. The summed E-state index contributed by atoms with van der Waals surface area (Å²) < 4.78 is 0. The largest absolute Gasteiger partial charge is 0.393 e. The van der Waals surface area contributed by atoms with Crippen molar-refractivity contribution < 1.29 is 4.92 Å². The molecule has 6 heteroatoms.